The quantitative estimate of drug-likeness (QED) is 0.377. The molecule has 0 aromatic carbocycles. The third kappa shape index (κ3) is 5.56. The predicted molar refractivity (Wildman–Crippen MR) is 48.3 cm³/mol. The summed E-state index contributed by atoms with van der Waals surface area (Å²) in [6.07, 6.45) is 0. The third-order valence-electron chi connectivity index (χ3n) is 0.905. The Balaban J connectivity index is -0.000000167. The van der Waals surface area contributed by atoms with Gasteiger partial charge in [0.15, 0.2) is 0 Å². The molecule has 68 valence electrons. The maximum absolute atomic E-state index is 10.6. The van der Waals surface area contributed by atoms with Gasteiger partial charge in [-0.15, -0.1) is 0 Å². The second kappa shape index (κ2) is 5.55. The number of hydrogen-bond donors (Lipinski definition) is 0. The van der Waals surface area contributed by atoms with E-state index >= 15 is 0 Å². The molecule has 0 saturated carbocycles. The van der Waals surface area contributed by atoms with Crippen LogP contribution in [-0.2, 0) is 19.1 Å². The van der Waals surface area contributed by atoms with Crippen LogP contribution >= 0.6 is 0 Å². The van der Waals surface area contributed by atoms with Crippen molar-refractivity contribution in [3.63, 3.8) is 0 Å². The van der Waals surface area contributed by atoms with Crippen molar-refractivity contribution < 1.29 is 20.2 Å². The molecular weight excluding hydrogens is 192 g/mol. The van der Waals surface area contributed by atoms with Gasteiger partial charge in [-0.25, -0.2) is 4.79 Å². The number of carbonyl (C=O) groups is 1. The first kappa shape index (κ1) is 14.5. The first-order valence-electron chi connectivity index (χ1n) is 3.01. The van der Waals surface area contributed by atoms with Gasteiger partial charge in [0.05, 0.1) is 5.75 Å². The first-order valence-corrected chi connectivity index (χ1v) is 4.58. The molecule has 0 bridgehead atoms. The van der Waals surface area contributed by atoms with Crippen molar-refractivity contribution in [1.29, 1.82) is 0 Å². The second-order valence-corrected chi connectivity index (χ2v) is 3.86. The average Bonchev–Trinajstić information content (AvgIpc) is 1.87. The number of rotatable bonds is 3. The minimum absolute atomic E-state index is 0. The summed E-state index contributed by atoms with van der Waals surface area (Å²) < 4.78 is 25.3. The first-order chi connectivity index (χ1) is 4.89. The molecule has 0 N–H and O–H groups in total. The Labute approximate surface area is 91.2 Å². The van der Waals surface area contributed by atoms with Gasteiger partial charge in [0.25, 0.3) is 0 Å². The van der Waals surface area contributed by atoms with E-state index in [1.54, 1.807) is 0 Å². The molecule has 0 atom stereocenters. The number of hydrogen-bond acceptors (Lipinski definition) is 4. The largest absolute Gasteiger partial charge is 2.00 e. The molecule has 0 amide bonds. The van der Waals surface area contributed by atoms with Gasteiger partial charge in [0.1, 0.15) is 0 Å². The molecule has 0 spiro atoms. The molecule has 6 heteroatoms. The summed E-state index contributed by atoms with van der Waals surface area (Å²) >= 11 is 0. The minimum Gasteiger partial charge on any atom is -1.00 e. The molecule has 0 heterocycles. The molecule has 0 radical (unpaired) electrons. The van der Waals surface area contributed by atoms with Crippen LogP contribution in [0.5, 0.6) is 0 Å². The SMILES string of the molecule is C=C(C)C(=O)OS(=O)(=O)CC.[H-].[H-].[Mg+2]. The summed E-state index contributed by atoms with van der Waals surface area (Å²) in [7, 11) is -3.67. The normalized spacial score (nSPS) is 9.83. The van der Waals surface area contributed by atoms with Crippen LogP contribution in [0.25, 0.3) is 0 Å². The summed E-state index contributed by atoms with van der Waals surface area (Å²) in [4.78, 5) is 10.6. The van der Waals surface area contributed by atoms with Crippen LogP contribution in [0, 0.1) is 0 Å². The maximum atomic E-state index is 10.6. The van der Waals surface area contributed by atoms with Gasteiger partial charge < -0.3 is 7.04 Å². The molecule has 0 fully saturated rings. The van der Waals surface area contributed by atoms with Gasteiger partial charge in [0.2, 0.25) is 0 Å². The summed E-state index contributed by atoms with van der Waals surface area (Å²) in [6, 6.07) is 0. The van der Waals surface area contributed by atoms with Crippen molar-refractivity contribution in [3.05, 3.63) is 12.2 Å². The van der Waals surface area contributed by atoms with Gasteiger partial charge in [-0.1, -0.05) is 6.58 Å². The van der Waals surface area contributed by atoms with E-state index in [9.17, 15) is 13.2 Å². The van der Waals surface area contributed by atoms with Gasteiger partial charge in [-0.2, -0.15) is 8.42 Å². The van der Waals surface area contributed by atoms with Gasteiger partial charge in [-0.05, 0) is 13.8 Å². The van der Waals surface area contributed by atoms with Crippen molar-refractivity contribution in [3.8, 4) is 0 Å². The summed E-state index contributed by atoms with van der Waals surface area (Å²) in [5, 5.41) is 0. The van der Waals surface area contributed by atoms with Crippen LogP contribution in [0.4, 0.5) is 0 Å². The fourth-order valence-corrected chi connectivity index (χ4v) is 0.736. The number of carbonyl (C=O) groups excluding carboxylic acids is 1. The zero-order chi connectivity index (χ0) is 9.07. The fourth-order valence-electron chi connectivity index (χ4n) is 0.245. The Kier molecular flexibility index (Phi) is 6.68. The molecule has 0 aliphatic carbocycles. The van der Waals surface area contributed by atoms with E-state index in [2.05, 4.69) is 10.8 Å². The molecule has 4 nitrogen and oxygen atoms in total. The Hall–Kier alpha value is -0.0738. The third-order valence-corrected chi connectivity index (χ3v) is 2.02. The molecule has 12 heavy (non-hydrogen) atoms. The van der Waals surface area contributed by atoms with Crippen LogP contribution in [0.15, 0.2) is 12.2 Å². The Bertz CT molecular complexity index is 276. The Morgan fingerprint density at radius 3 is 2.25 bits per heavy atom. The van der Waals surface area contributed by atoms with Crippen molar-refractivity contribution in [1.82, 2.24) is 0 Å². The van der Waals surface area contributed by atoms with Crippen LogP contribution in [0.3, 0.4) is 0 Å². The van der Waals surface area contributed by atoms with E-state index in [0.29, 0.717) is 0 Å². The van der Waals surface area contributed by atoms with Gasteiger partial charge >= 0.3 is 39.1 Å². The maximum Gasteiger partial charge on any atom is 2.00 e. The Morgan fingerprint density at radius 1 is 1.58 bits per heavy atom. The van der Waals surface area contributed by atoms with E-state index in [1.807, 2.05) is 0 Å². The fraction of sp³-hybridized carbons (Fsp3) is 0.500. The van der Waals surface area contributed by atoms with E-state index in [0.717, 1.165) is 0 Å². The monoisotopic (exact) mass is 204 g/mol. The molecule has 0 aliphatic heterocycles. The standard InChI is InChI=1S/C6H10O4S.Mg.2H/c1-4-11(8,9)10-6(7)5(2)3;;;/h2,4H2,1,3H3;;;/q;+2;2*-1. The van der Waals surface area contributed by atoms with Crippen LogP contribution in [0.1, 0.15) is 16.7 Å². The van der Waals surface area contributed by atoms with E-state index in [4.69, 9.17) is 0 Å². The van der Waals surface area contributed by atoms with E-state index < -0.39 is 16.1 Å². The van der Waals surface area contributed by atoms with Crippen LogP contribution in [-0.4, -0.2) is 43.2 Å². The molecular formula is C6H12MgO4S. The summed E-state index contributed by atoms with van der Waals surface area (Å²) in [6.45, 7) is 6.01. The summed E-state index contributed by atoms with van der Waals surface area (Å²) in [5.41, 5.74) is 0.0713. The summed E-state index contributed by atoms with van der Waals surface area (Å²) in [5.74, 6) is -1.11. The molecule has 0 unspecified atom stereocenters. The topological polar surface area (TPSA) is 60.4 Å². The zero-order valence-electron chi connectivity index (χ0n) is 9.16. The molecule has 0 aromatic rings. The van der Waals surface area contributed by atoms with Crippen molar-refractivity contribution in [2.45, 2.75) is 13.8 Å². The van der Waals surface area contributed by atoms with Crippen molar-refractivity contribution in [2.75, 3.05) is 5.75 Å². The van der Waals surface area contributed by atoms with Gasteiger partial charge in [-0.3, -0.25) is 0 Å². The van der Waals surface area contributed by atoms with Crippen molar-refractivity contribution >= 4 is 39.1 Å². The molecule has 0 aliphatic rings. The molecule has 0 rings (SSSR count). The van der Waals surface area contributed by atoms with E-state index in [-0.39, 0.29) is 37.2 Å². The smallest absolute Gasteiger partial charge is 1.00 e. The zero-order valence-corrected chi connectivity index (χ0v) is 9.39. The average molecular weight is 205 g/mol. The second-order valence-electron chi connectivity index (χ2n) is 2.00. The Morgan fingerprint density at radius 2 is 2.00 bits per heavy atom. The molecule has 0 aromatic heterocycles. The van der Waals surface area contributed by atoms with Gasteiger partial charge in [0, 0.05) is 5.57 Å². The van der Waals surface area contributed by atoms with E-state index in [1.165, 1.54) is 13.8 Å². The van der Waals surface area contributed by atoms with Crippen molar-refractivity contribution in [2.24, 2.45) is 0 Å². The predicted octanol–water partition coefficient (Wildman–Crippen LogP) is 0.300. The van der Waals surface area contributed by atoms with Crippen LogP contribution in [0.2, 0.25) is 0 Å². The van der Waals surface area contributed by atoms with Crippen LogP contribution < -0.4 is 0 Å². The minimum atomic E-state index is -3.67. The molecule has 0 saturated heterocycles.